The number of rotatable bonds is 5. The zero-order valence-corrected chi connectivity index (χ0v) is 11.6. The lowest BCUT2D eigenvalue weighted by Crippen LogP contribution is -2.15. The minimum atomic E-state index is -3.52. The van der Waals surface area contributed by atoms with E-state index in [2.05, 4.69) is 0 Å². The molecule has 0 aliphatic carbocycles. The molecule has 1 aliphatic heterocycles. The van der Waals surface area contributed by atoms with Gasteiger partial charge in [0.25, 0.3) is 5.69 Å². The summed E-state index contributed by atoms with van der Waals surface area (Å²) in [6.07, 6.45) is 1.77. The summed E-state index contributed by atoms with van der Waals surface area (Å²) in [5, 5.41) is 10.5. The first kappa shape index (κ1) is 14.0. The number of nitro groups is 1. The summed E-state index contributed by atoms with van der Waals surface area (Å²) in [6.45, 7) is 3.89. The SMILES string of the molecule is CCC[C@@H]1[C@H](C)N1S(=O)(=O)c1ccc([N+](=O)[O-])cc1. The van der Waals surface area contributed by atoms with Gasteiger partial charge in [-0.15, -0.1) is 0 Å². The van der Waals surface area contributed by atoms with Crippen molar-refractivity contribution < 1.29 is 13.3 Å². The number of hydrogen-bond donors (Lipinski definition) is 0. The molecule has 1 aliphatic rings. The van der Waals surface area contributed by atoms with Crippen LogP contribution in [0.5, 0.6) is 0 Å². The van der Waals surface area contributed by atoms with Crippen molar-refractivity contribution in [3.8, 4) is 0 Å². The van der Waals surface area contributed by atoms with E-state index >= 15 is 0 Å². The second-order valence-electron chi connectivity index (χ2n) is 4.68. The Morgan fingerprint density at radius 1 is 1.32 bits per heavy atom. The Bertz CT molecular complexity index is 582. The van der Waals surface area contributed by atoms with Gasteiger partial charge in [-0.3, -0.25) is 10.1 Å². The van der Waals surface area contributed by atoms with Crippen molar-refractivity contribution in [2.24, 2.45) is 0 Å². The molecule has 1 saturated heterocycles. The van der Waals surface area contributed by atoms with Crippen molar-refractivity contribution in [3.63, 3.8) is 0 Å². The van der Waals surface area contributed by atoms with E-state index < -0.39 is 14.9 Å². The topological polar surface area (TPSA) is 80.3 Å². The van der Waals surface area contributed by atoms with Gasteiger partial charge in [0, 0.05) is 24.2 Å². The predicted molar refractivity (Wildman–Crippen MR) is 70.3 cm³/mol. The lowest BCUT2D eigenvalue weighted by molar-refractivity contribution is -0.384. The molecule has 1 fully saturated rings. The van der Waals surface area contributed by atoms with Gasteiger partial charge in [0.2, 0.25) is 10.0 Å². The first-order valence-corrected chi connectivity index (χ1v) is 7.61. The van der Waals surface area contributed by atoms with E-state index in [1.807, 2.05) is 13.8 Å². The van der Waals surface area contributed by atoms with Crippen molar-refractivity contribution in [3.05, 3.63) is 34.4 Å². The highest BCUT2D eigenvalue weighted by molar-refractivity contribution is 7.89. The highest BCUT2D eigenvalue weighted by Gasteiger charge is 2.51. The van der Waals surface area contributed by atoms with Crippen LogP contribution < -0.4 is 0 Å². The average Bonchev–Trinajstić information content (AvgIpc) is 3.01. The molecule has 1 heterocycles. The Hall–Kier alpha value is -1.47. The van der Waals surface area contributed by atoms with E-state index in [4.69, 9.17) is 0 Å². The zero-order chi connectivity index (χ0) is 14.2. The van der Waals surface area contributed by atoms with Gasteiger partial charge in [0.1, 0.15) is 0 Å². The van der Waals surface area contributed by atoms with E-state index in [0.717, 1.165) is 12.8 Å². The molecule has 0 radical (unpaired) electrons. The van der Waals surface area contributed by atoms with Crippen molar-refractivity contribution in [2.75, 3.05) is 0 Å². The van der Waals surface area contributed by atoms with Crippen molar-refractivity contribution in [1.82, 2.24) is 4.31 Å². The van der Waals surface area contributed by atoms with E-state index in [1.165, 1.54) is 28.6 Å². The number of benzene rings is 1. The predicted octanol–water partition coefficient (Wildman–Crippen LogP) is 2.16. The highest BCUT2D eigenvalue weighted by Crippen LogP contribution is 2.38. The van der Waals surface area contributed by atoms with Crippen LogP contribution in [0.1, 0.15) is 26.7 Å². The smallest absolute Gasteiger partial charge is 0.258 e. The maximum Gasteiger partial charge on any atom is 0.269 e. The Labute approximate surface area is 112 Å². The quantitative estimate of drug-likeness (QED) is 0.471. The molecule has 0 amide bonds. The molecule has 2 rings (SSSR count). The largest absolute Gasteiger partial charge is 0.269 e. The molecule has 6 nitrogen and oxygen atoms in total. The molecule has 19 heavy (non-hydrogen) atoms. The molecular formula is C12H16N2O4S. The monoisotopic (exact) mass is 284 g/mol. The van der Waals surface area contributed by atoms with Gasteiger partial charge in [-0.05, 0) is 25.5 Å². The molecule has 104 valence electrons. The summed E-state index contributed by atoms with van der Waals surface area (Å²) in [5.74, 6) is 0. The minimum Gasteiger partial charge on any atom is -0.258 e. The molecule has 0 bridgehead atoms. The van der Waals surface area contributed by atoms with Crippen LogP contribution in [0, 0.1) is 10.1 Å². The van der Waals surface area contributed by atoms with Crippen LogP contribution in [0.2, 0.25) is 0 Å². The second kappa shape index (κ2) is 4.90. The molecule has 0 saturated carbocycles. The summed E-state index contributed by atoms with van der Waals surface area (Å²) in [4.78, 5) is 10.1. The lowest BCUT2D eigenvalue weighted by atomic mass is 10.2. The van der Waals surface area contributed by atoms with Gasteiger partial charge in [0.05, 0.1) is 9.82 Å². The number of hydrogen-bond acceptors (Lipinski definition) is 4. The van der Waals surface area contributed by atoms with Crippen LogP contribution >= 0.6 is 0 Å². The van der Waals surface area contributed by atoms with Crippen molar-refractivity contribution >= 4 is 15.7 Å². The summed E-state index contributed by atoms with van der Waals surface area (Å²) in [5.41, 5.74) is -0.108. The number of sulfonamides is 1. The molecule has 1 aromatic rings. The van der Waals surface area contributed by atoms with Crippen LogP contribution in [0.4, 0.5) is 5.69 Å². The summed E-state index contributed by atoms with van der Waals surface area (Å²) in [7, 11) is -3.52. The van der Waals surface area contributed by atoms with Crippen molar-refractivity contribution in [1.29, 1.82) is 0 Å². The Balaban J connectivity index is 2.24. The van der Waals surface area contributed by atoms with Crippen LogP contribution in [0.15, 0.2) is 29.2 Å². The first-order valence-electron chi connectivity index (χ1n) is 6.17. The number of nitrogens with zero attached hydrogens (tertiary/aromatic N) is 2. The third kappa shape index (κ3) is 2.48. The van der Waals surface area contributed by atoms with Gasteiger partial charge in [0.15, 0.2) is 0 Å². The third-order valence-corrected chi connectivity index (χ3v) is 5.43. The molecule has 0 aromatic heterocycles. The number of non-ortho nitro benzene ring substituents is 1. The number of nitro benzene ring substituents is 1. The van der Waals surface area contributed by atoms with Gasteiger partial charge in [-0.25, -0.2) is 8.42 Å². The molecule has 0 spiro atoms. The van der Waals surface area contributed by atoms with Crippen LogP contribution in [0.25, 0.3) is 0 Å². The van der Waals surface area contributed by atoms with Gasteiger partial charge < -0.3 is 0 Å². The Morgan fingerprint density at radius 3 is 2.37 bits per heavy atom. The summed E-state index contributed by atoms with van der Waals surface area (Å²) < 4.78 is 26.1. The fraction of sp³-hybridized carbons (Fsp3) is 0.500. The highest BCUT2D eigenvalue weighted by atomic mass is 32.2. The molecule has 3 atom stereocenters. The zero-order valence-electron chi connectivity index (χ0n) is 10.8. The summed E-state index contributed by atoms with van der Waals surface area (Å²) >= 11 is 0. The molecule has 1 aromatic carbocycles. The van der Waals surface area contributed by atoms with E-state index in [0.29, 0.717) is 0 Å². The molecule has 0 N–H and O–H groups in total. The third-order valence-electron chi connectivity index (χ3n) is 3.40. The van der Waals surface area contributed by atoms with Crippen molar-refractivity contribution in [2.45, 2.75) is 43.7 Å². The lowest BCUT2D eigenvalue weighted by Gasteiger charge is -2.06. The van der Waals surface area contributed by atoms with Gasteiger partial charge in [-0.2, -0.15) is 4.31 Å². The van der Waals surface area contributed by atoms with E-state index in [-0.39, 0.29) is 22.7 Å². The maximum absolute atomic E-state index is 12.3. The first-order chi connectivity index (χ1) is 8.89. The Morgan fingerprint density at radius 2 is 1.89 bits per heavy atom. The van der Waals surface area contributed by atoms with Crippen LogP contribution in [-0.2, 0) is 10.0 Å². The second-order valence-corrected chi connectivity index (χ2v) is 6.53. The molecular weight excluding hydrogens is 268 g/mol. The van der Waals surface area contributed by atoms with Crippen LogP contribution in [0.3, 0.4) is 0 Å². The van der Waals surface area contributed by atoms with Gasteiger partial charge in [-0.1, -0.05) is 13.3 Å². The van der Waals surface area contributed by atoms with E-state index in [1.54, 1.807) is 0 Å². The Kier molecular flexibility index (Phi) is 3.60. The van der Waals surface area contributed by atoms with Gasteiger partial charge >= 0.3 is 0 Å². The van der Waals surface area contributed by atoms with E-state index in [9.17, 15) is 18.5 Å². The fourth-order valence-corrected chi connectivity index (χ4v) is 4.19. The molecule has 7 heteroatoms. The fourth-order valence-electron chi connectivity index (χ4n) is 2.31. The minimum absolute atomic E-state index is 0.0140. The average molecular weight is 284 g/mol. The maximum atomic E-state index is 12.3. The molecule has 1 unspecified atom stereocenters. The normalized spacial score (nSPS) is 26.1. The standard InChI is InChI=1S/C12H16N2O4S/c1-3-4-12-9(2)13(12)19(17,18)11-7-5-10(6-8-11)14(15)16/h5-9,12H,3-4H2,1-2H3/t9-,12+,13?/m0/s1. The van der Waals surface area contributed by atoms with Crippen LogP contribution in [-0.4, -0.2) is 29.7 Å². The summed E-state index contributed by atoms with van der Waals surface area (Å²) in [6, 6.07) is 5.10.